The summed E-state index contributed by atoms with van der Waals surface area (Å²) < 4.78 is 1.62. The van der Waals surface area contributed by atoms with Crippen LogP contribution in [0.1, 0.15) is 22.5 Å². The van der Waals surface area contributed by atoms with Gasteiger partial charge in [-0.1, -0.05) is 0 Å². The van der Waals surface area contributed by atoms with Gasteiger partial charge in [-0.3, -0.25) is 9.89 Å². The molecule has 0 fully saturated rings. The average Bonchev–Trinajstić information content (AvgIpc) is 2.54. The van der Waals surface area contributed by atoms with E-state index in [2.05, 4.69) is 10.2 Å². The average molecular weight is 191 g/mol. The summed E-state index contributed by atoms with van der Waals surface area (Å²) in [5.41, 5.74) is 3.75. The number of rotatable bonds is 0. The Hall–Kier alpha value is -1.58. The van der Waals surface area contributed by atoms with Crippen LogP contribution in [-0.4, -0.2) is 14.6 Å². The van der Waals surface area contributed by atoms with Crippen LogP contribution in [0.15, 0.2) is 4.79 Å². The highest BCUT2D eigenvalue weighted by molar-refractivity contribution is 5.52. The van der Waals surface area contributed by atoms with Gasteiger partial charge in [-0.2, -0.15) is 5.10 Å². The molecule has 0 spiro atoms. The number of hydrogen-bond acceptors (Lipinski definition) is 2. The molecule has 0 aliphatic heterocycles. The van der Waals surface area contributed by atoms with E-state index in [0.29, 0.717) is 5.82 Å². The smallest absolute Gasteiger partial charge is 0.260 e. The highest BCUT2D eigenvalue weighted by Gasteiger charge is 2.11. The van der Waals surface area contributed by atoms with Gasteiger partial charge in [0.25, 0.3) is 5.56 Å². The molecule has 0 unspecified atom stereocenters. The zero-order valence-electron chi connectivity index (χ0n) is 8.80. The van der Waals surface area contributed by atoms with Crippen molar-refractivity contribution in [2.75, 3.05) is 0 Å². The van der Waals surface area contributed by atoms with Crippen LogP contribution in [0.4, 0.5) is 0 Å². The van der Waals surface area contributed by atoms with E-state index in [-0.39, 0.29) is 5.56 Å². The molecule has 4 heteroatoms. The molecule has 14 heavy (non-hydrogen) atoms. The van der Waals surface area contributed by atoms with Crippen LogP contribution >= 0.6 is 0 Å². The minimum atomic E-state index is 0.0225. The van der Waals surface area contributed by atoms with E-state index in [4.69, 9.17) is 0 Å². The number of H-pyrrole nitrogens is 1. The Morgan fingerprint density at radius 2 is 1.71 bits per heavy atom. The van der Waals surface area contributed by atoms with E-state index in [1.165, 1.54) is 0 Å². The first-order chi connectivity index (χ1) is 6.54. The molecule has 74 valence electrons. The molecule has 2 aromatic rings. The first kappa shape index (κ1) is 8.99. The monoisotopic (exact) mass is 191 g/mol. The summed E-state index contributed by atoms with van der Waals surface area (Å²) in [6.45, 7) is 7.62. The van der Waals surface area contributed by atoms with Gasteiger partial charge in [0.2, 0.25) is 0 Å². The second-order valence-electron chi connectivity index (χ2n) is 3.63. The third kappa shape index (κ3) is 0.937. The fourth-order valence-electron chi connectivity index (χ4n) is 1.68. The molecule has 0 saturated carbocycles. The Balaban J connectivity index is 3.14. The maximum absolute atomic E-state index is 11.9. The van der Waals surface area contributed by atoms with Crippen molar-refractivity contribution >= 4 is 5.65 Å². The quantitative estimate of drug-likeness (QED) is 0.681. The SMILES string of the molecule is Cc1c(C)c(=O)n2c(C)n[nH]c2c1C. The highest BCUT2D eigenvalue weighted by atomic mass is 16.1. The standard InChI is InChI=1S/C10H13N3O/c1-5-6(2)9-12-11-8(4)13(9)10(14)7(5)3/h12H,1-4H3. The van der Waals surface area contributed by atoms with E-state index < -0.39 is 0 Å². The zero-order chi connectivity index (χ0) is 10.5. The van der Waals surface area contributed by atoms with E-state index in [0.717, 1.165) is 22.3 Å². The van der Waals surface area contributed by atoms with Gasteiger partial charge in [0.1, 0.15) is 11.5 Å². The van der Waals surface area contributed by atoms with Gasteiger partial charge >= 0.3 is 0 Å². The number of fused-ring (bicyclic) bond motifs is 1. The van der Waals surface area contributed by atoms with Crippen molar-refractivity contribution in [1.29, 1.82) is 0 Å². The van der Waals surface area contributed by atoms with Gasteiger partial charge in [0.15, 0.2) is 0 Å². The largest absolute Gasteiger partial charge is 0.269 e. The van der Waals surface area contributed by atoms with Gasteiger partial charge in [0, 0.05) is 5.56 Å². The van der Waals surface area contributed by atoms with Crippen molar-refractivity contribution in [2.24, 2.45) is 0 Å². The highest BCUT2D eigenvalue weighted by Crippen LogP contribution is 2.13. The summed E-state index contributed by atoms with van der Waals surface area (Å²) in [5.74, 6) is 0.705. The van der Waals surface area contributed by atoms with Crippen LogP contribution in [0.5, 0.6) is 0 Å². The van der Waals surface area contributed by atoms with Crippen molar-refractivity contribution in [2.45, 2.75) is 27.7 Å². The molecule has 0 bridgehead atoms. The maximum Gasteiger partial charge on any atom is 0.260 e. The predicted octanol–water partition coefficient (Wildman–Crippen LogP) is 1.26. The van der Waals surface area contributed by atoms with Gasteiger partial charge in [0.05, 0.1) is 0 Å². The second-order valence-corrected chi connectivity index (χ2v) is 3.63. The normalized spacial score (nSPS) is 11.1. The third-order valence-electron chi connectivity index (χ3n) is 2.87. The Bertz CT molecular complexity index is 563. The molecule has 0 radical (unpaired) electrons. The lowest BCUT2D eigenvalue weighted by Crippen LogP contribution is -2.19. The molecule has 0 atom stereocenters. The van der Waals surface area contributed by atoms with E-state index in [9.17, 15) is 4.79 Å². The number of hydrogen-bond donors (Lipinski definition) is 1. The summed E-state index contributed by atoms with van der Waals surface area (Å²) in [5, 5.41) is 6.92. The first-order valence-electron chi connectivity index (χ1n) is 4.57. The molecular formula is C10H13N3O. The molecular weight excluding hydrogens is 178 g/mol. The molecule has 0 amide bonds. The summed E-state index contributed by atoms with van der Waals surface area (Å²) in [6.07, 6.45) is 0. The topological polar surface area (TPSA) is 50.2 Å². The predicted molar refractivity (Wildman–Crippen MR) is 54.8 cm³/mol. The fraction of sp³-hybridized carbons (Fsp3) is 0.400. The summed E-state index contributed by atoms with van der Waals surface area (Å²) in [7, 11) is 0. The Morgan fingerprint density at radius 3 is 2.36 bits per heavy atom. The van der Waals surface area contributed by atoms with Gasteiger partial charge < -0.3 is 0 Å². The number of aromatic amines is 1. The molecule has 2 aromatic heterocycles. The van der Waals surface area contributed by atoms with Crippen molar-refractivity contribution < 1.29 is 0 Å². The molecule has 0 aliphatic carbocycles. The number of pyridine rings is 1. The van der Waals surface area contributed by atoms with Crippen LogP contribution in [-0.2, 0) is 0 Å². The summed E-state index contributed by atoms with van der Waals surface area (Å²) in [4.78, 5) is 11.9. The van der Waals surface area contributed by atoms with Gasteiger partial charge in [-0.05, 0) is 38.8 Å². The van der Waals surface area contributed by atoms with Crippen LogP contribution in [0.2, 0.25) is 0 Å². The van der Waals surface area contributed by atoms with Crippen molar-refractivity contribution in [3.63, 3.8) is 0 Å². The van der Waals surface area contributed by atoms with Gasteiger partial charge in [-0.25, -0.2) is 4.40 Å². The van der Waals surface area contributed by atoms with E-state index in [1.54, 1.807) is 4.40 Å². The lowest BCUT2D eigenvalue weighted by molar-refractivity contribution is 0.965. The fourth-order valence-corrected chi connectivity index (χ4v) is 1.68. The molecule has 0 aliphatic rings. The Kier molecular flexibility index (Phi) is 1.74. The van der Waals surface area contributed by atoms with Gasteiger partial charge in [-0.15, -0.1) is 0 Å². The zero-order valence-corrected chi connectivity index (χ0v) is 8.80. The third-order valence-corrected chi connectivity index (χ3v) is 2.87. The number of nitrogens with zero attached hydrogens (tertiary/aromatic N) is 2. The van der Waals surface area contributed by atoms with Crippen LogP contribution in [0, 0.1) is 27.7 Å². The van der Waals surface area contributed by atoms with Crippen LogP contribution < -0.4 is 5.56 Å². The number of nitrogens with one attached hydrogen (secondary N) is 1. The van der Waals surface area contributed by atoms with E-state index >= 15 is 0 Å². The number of aryl methyl sites for hydroxylation is 2. The molecule has 0 saturated heterocycles. The summed E-state index contributed by atoms with van der Waals surface area (Å²) in [6, 6.07) is 0. The molecule has 2 heterocycles. The lowest BCUT2D eigenvalue weighted by atomic mass is 10.1. The maximum atomic E-state index is 11.9. The van der Waals surface area contributed by atoms with Crippen LogP contribution in [0.3, 0.4) is 0 Å². The van der Waals surface area contributed by atoms with E-state index in [1.807, 2.05) is 27.7 Å². The number of aromatic nitrogens is 3. The molecule has 1 N–H and O–H groups in total. The summed E-state index contributed by atoms with van der Waals surface area (Å²) >= 11 is 0. The molecule has 4 nitrogen and oxygen atoms in total. The van der Waals surface area contributed by atoms with Crippen molar-refractivity contribution in [3.8, 4) is 0 Å². The van der Waals surface area contributed by atoms with Crippen molar-refractivity contribution in [3.05, 3.63) is 32.9 Å². The Morgan fingerprint density at radius 1 is 1.07 bits per heavy atom. The molecule has 2 rings (SSSR count). The minimum Gasteiger partial charge on any atom is -0.269 e. The minimum absolute atomic E-state index is 0.0225. The van der Waals surface area contributed by atoms with Crippen molar-refractivity contribution in [1.82, 2.24) is 14.6 Å². The Labute approximate surface area is 81.6 Å². The lowest BCUT2D eigenvalue weighted by Gasteiger charge is -2.05. The van der Waals surface area contributed by atoms with Crippen LogP contribution in [0.25, 0.3) is 5.65 Å². The first-order valence-corrected chi connectivity index (χ1v) is 4.57. The molecule has 0 aromatic carbocycles. The second kappa shape index (κ2) is 2.70.